The summed E-state index contributed by atoms with van der Waals surface area (Å²) in [4.78, 5) is 13.2. The Labute approximate surface area is 105 Å². The lowest BCUT2D eigenvalue weighted by Crippen LogP contribution is -2.15. The summed E-state index contributed by atoms with van der Waals surface area (Å²) >= 11 is 3.48. The minimum Gasteiger partial charge on any atom is -0.325 e. The molecule has 1 N–H and O–H groups in total. The molecule has 1 aromatic rings. The fourth-order valence-electron chi connectivity index (χ4n) is 1.60. The van der Waals surface area contributed by atoms with E-state index in [1.165, 1.54) is 12.5 Å². The van der Waals surface area contributed by atoms with Crippen LogP contribution in [0.4, 0.5) is 5.69 Å². The van der Waals surface area contributed by atoms with Gasteiger partial charge in [-0.1, -0.05) is 6.07 Å². The number of rotatable bonds is 3. The van der Waals surface area contributed by atoms with Gasteiger partial charge in [-0.25, -0.2) is 0 Å². The molecule has 1 rings (SSSR count). The van der Waals surface area contributed by atoms with Crippen molar-refractivity contribution in [2.45, 2.75) is 20.4 Å². The third kappa shape index (κ3) is 3.61. The lowest BCUT2D eigenvalue weighted by Gasteiger charge is -2.16. The van der Waals surface area contributed by atoms with Crippen LogP contribution in [-0.2, 0) is 11.3 Å². The molecular weight excluding hydrogens is 268 g/mol. The van der Waals surface area contributed by atoms with E-state index in [2.05, 4.69) is 32.2 Å². The summed E-state index contributed by atoms with van der Waals surface area (Å²) in [6.45, 7) is 4.36. The summed E-state index contributed by atoms with van der Waals surface area (Å²) in [5.41, 5.74) is 3.16. The number of halogens is 1. The highest BCUT2D eigenvalue weighted by molar-refractivity contribution is 9.10. The molecule has 0 fully saturated rings. The molecule has 0 atom stereocenters. The molecule has 0 aromatic heterocycles. The highest BCUT2D eigenvalue weighted by Crippen LogP contribution is 2.29. The number of aryl methyl sites for hydroxylation is 1. The lowest BCUT2D eigenvalue weighted by molar-refractivity contribution is -0.114. The predicted molar refractivity (Wildman–Crippen MR) is 70.6 cm³/mol. The summed E-state index contributed by atoms with van der Waals surface area (Å²) in [6.07, 6.45) is 0. The molecule has 0 aliphatic rings. The van der Waals surface area contributed by atoms with Crippen LogP contribution in [0, 0.1) is 6.92 Å². The van der Waals surface area contributed by atoms with E-state index in [0.29, 0.717) is 0 Å². The van der Waals surface area contributed by atoms with E-state index in [9.17, 15) is 4.79 Å². The zero-order valence-electron chi connectivity index (χ0n) is 10.1. The largest absolute Gasteiger partial charge is 0.325 e. The average Bonchev–Trinajstić information content (AvgIpc) is 2.09. The molecule has 1 aromatic carbocycles. The van der Waals surface area contributed by atoms with Crippen LogP contribution in [-0.4, -0.2) is 24.9 Å². The molecule has 0 aliphatic heterocycles. The summed E-state index contributed by atoms with van der Waals surface area (Å²) in [7, 11) is 4.02. The van der Waals surface area contributed by atoms with Crippen molar-refractivity contribution in [1.29, 1.82) is 0 Å². The van der Waals surface area contributed by atoms with E-state index in [4.69, 9.17) is 0 Å². The maximum Gasteiger partial charge on any atom is 0.221 e. The summed E-state index contributed by atoms with van der Waals surface area (Å²) in [5.74, 6) is -0.0513. The van der Waals surface area contributed by atoms with Crippen molar-refractivity contribution in [1.82, 2.24) is 4.90 Å². The molecule has 16 heavy (non-hydrogen) atoms. The molecule has 0 heterocycles. The summed E-state index contributed by atoms with van der Waals surface area (Å²) < 4.78 is 0.930. The lowest BCUT2D eigenvalue weighted by atomic mass is 10.1. The van der Waals surface area contributed by atoms with E-state index in [0.717, 1.165) is 22.3 Å². The van der Waals surface area contributed by atoms with Gasteiger partial charge in [0, 0.05) is 17.9 Å². The second kappa shape index (κ2) is 5.46. The normalized spacial score (nSPS) is 10.6. The van der Waals surface area contributed by atoms with Crippen LogP contribution in [0.15, 0.2) is 16.6 Å². The molecule has 0 spiro atoms. The van der Waals surface area contributed by atoms with Gasteiger partial charge in [-0.05, 0) is 54.1 Å². The minimum atomic E-state index is -0.0513. The number of hydrogen-bond acceptors (Lipinski definition) is 2. The molecule has 1 amide bonds. The van der Waals surface area contributed by atoms with Crippen LogP contribution >= 0.6 is 15.9 Å². The summed E-state index contributed by atoms with van der Waals surface area (Å²) in [6, 6.07) is 4.10. The molecule has 4 heteroatoms. The number of nitrogens with zero attached hydrogens (tertiary/aromatic N) is 1. The number of hydrogen-bond donors (Lipinski definition) is 1. The number of nitrogens with one attached hydrogen (secondary N) is 1. The van der Waals surface area contributed by atoms with Crippen LogP contribution in [0.5, 0.6) is 0 Å². The van der Waals surface area contributed by atoms with Crippen molar-refractivity contribution in [3.63, 3.8) is 0 Å². The van der Waals surface area contributed by atoms with Crippen LogP contribution < -0.4 is 5.32 Å². The highest BCUT2D eigenvalue weighted by atomic mass is 79.9. The molecule has 0 radical (unpaired) electrons. The highest BCUT2D eigenvalue weighted by Gasteiger charge is 2.10. The first-order valence-electron chi connectivity index (χ1n) is 5.11. The third-order valence-electron chi connectivity index (χ3n) is 2.10. The molecular formula is C12H17BrN2O. The molecule has 3 nitrogen and oxygen atoms in total. The van der Waals surface area contributed by atoms with Crippen LogP contribution in [0.1, 0.15) is 18.1 Å². The Morgan fingerprint density at radius 2 is 2.06 bits per heavy atom. The molecule has 88 valence electrons. The SMILES string of the molecule is CC(=O)Nc1c(Br)cc(C)cc1CN(C)C. The van der Waals surface area contributed by atoms with Crippen molar-refractivity contribution in [2.75, 3.05) is 19.4 Å². The first kappa shape index (κ1) is 13.2. The van der Waals surface area contributed by atoms with Crippen molar-refractivity contribution < 1.29 is 4.79 Å². The number of carbonyl (C=O) groups excluding carboxylic acids is 1. The first-order valence-corrected chi connectivity index (χ1v) is 5.91. The van der Waals surface area contributed by atoms with E-state index in [1.54, 1.807) is 0 Å². The maximum absolute atomic E-state index is 11.1. The Hall–Kier alpha value is -0.870. The monoisotopic (exact) mass is 284 g/mol. The van der Waals surface area contributed by atoms with Crippen LogP contribution in [0.3, 0.4) is 0 Å². The number of carbonyl (C=O) groups is 1. The van der Waals surface area contributed by atoms with Gasteiger partial charge in [-0.3, -0.25) is 4.79 Å². The summed E-state index contributed by atoms with van der Waals surface area (Å²) in [5, 5.41) is 2.86. The second-order valence-corrected chi connectivity index (χ2v) is 5.05. The molecule has 0 unspecified atom stereocenters. The minimum absolute atomic E-state index is 0.0513. The Morgan fingerprint density at radius 3 is 2.56 bits per heavy atom. The number of anilines is 1. The smallest absolute Gasteiger partial charge is 0.221 e. The zero-order valence-corrected chi connectivity index (χ0v) is 11.7. The molecule has 0 saturated carbocycles. The van der Waals surface area contributed by atoms with Gasteiger partial charge in [0.1, 0.15) is 0 Å². The molecule has 0 aliphatic carbocycles. The van der Waals surface area contributed by atoms with Gasteiger partial charge in [0.25, 0.3) is 0 Å². The van der Waals surface area contributed by atoms with E-state index in [1.807, 2.05) is 27.1 Å². The van der Waals surface area contributed by atoms with Gasteiger partial charge in [0.2, 0.25) is 5.91 Å². The zero-order chi connectivity index (χ0) is 12.3. The van der Waals surface area contributed by atoms with Gasteiger partial charge in [-0.2, -0.15) is 0 Å². The number of amides is 1. The Bertz CT molecular complexity index is 402. The molecule has 0 bridgehead atoms. The topological polar surface area (TPSA) is 32.3 Å². The Balaban J connectivity index is 3.15. The van der Waals surface area contributed by atoms with Gasteiger partial charge in [-0.15, -0.1) is 0 Å². The fourth-order valence-corrected chi connectivity index (χ4v) is 2.31. The third-order valence-corrected chi connectivity index (χ3v) is 2.73. The van der Waals surface area contributed by atoms with E-state index >= 15 is 0 Å². The quantitative estimate of drug-likeness (QED) is 0.926. The van der Waals surface area contributed by atoms with Gasteiger partial charge >= 0.3 is 0 Å². The van der Waals surface area contributed by atoms with E-state index < -0.39 is 0 Å². The van der Waals surface area contributed by atoms with Crippen molar-refractivity contribution >= 4 is 27.5 Å². The Kier molecular flexibility index (Phi) is 4.50. The molecule has 0 saturated heterocycles. The van der Waals surface area contributed by atoms with E-state index in [-0.39, 0.29) is 5.91 Å². The standard InChI is InChI=1S/C12H17BrN2O/c1-8-5-10(7-15(3)4)12(11(13)6-8)14-9(2)16/h5-6H,7H2,1-4H3,(H,14,16). The van der Waals surface area contributed by atoms with Crippen LogP contribution in [0.2, 0.25) is 0 Å². The first-order chi connectivity index (χ1) is 7.40. The van der Waals surface area contributed by atoms with Crippen molar-refractivity contribution in [3.8, 4) is 0 Å². The van der Waals surface area contributed by atoms with Gasteiger partial charge in [0.05, 0.1) is 5.69 Å². The average molecular weight is 285 g/mol. The Morgan fingerprint density at radius 1 is 1.44 bits per heavy atom. The van der Waals surface area contributed by atoms with Crippen molar-refractivity contribution in [3.05, 3.63) is 27.7 Å². The van der Waals surface area contributed by atoms with Crippen LogP contribution in [0.25, 0.3) is 0 Å². The van der Waals surface area contributed by atoms with Crippen molar-refractivity contribution in [2.24, 2.45) is 0 Å². The fraction of sp³-hybridized carbons (Fsp3) is 0.417. The van der Waals surface area contributed by atoms with Gasteiger partial charge in [0.15, 0.2) is 0 Å². The maximum atomic E-state index is 11.1. The second-order valence-electron chi connectivity index (χ2n) is 4.20. The predicted octanol–water partition coefficient (Wildman–Crippen LogP) is 2.78. The van der Waals surface area contributed by atoms with Gasteiger partial charge < -0.3 is 10.2 Å². The number of benzene rings is 1.